The fourth-order valence-electron chi connectivity index (χ4n) is 1.45. The van der Waals surface area contributed by atoms with E-state index in [2.05, 4.69) is 25.7 Å². The number of halogens is 1. The SMILES string of the molecule is CCN(CC)CC.Cc1ccc(C=O)c(O)c1F. The van der Waals surface area contributed by atoms with E-state index in [9.17, 15) is 9.18 Å². The monoisotopic (exact) mass is 255 g/mol. The Labute approximate surface area is 108 Å². The van der Waals surface area contributed by atoms with Crippen LogP contribution in [-0.2, 0) is 0 Å². The van der Waals surface area contributed by atoms with Gasteiger partial charge in [0.15, 0.2) is 17.9 Å². The molecule has 0 unspecified atom stereocenters. The van der Waals surface area contributed by atoms with Gasteiger partial charge in [-0.25, -0.2) is 4.39 Å². The molecule has 0 aliphatic heterocycles. The Kier molecular flexibility index (Phi) is 7.96. The summed E-state index contributed by atoms with van der Waals surface area (Å²) in [6.45, 7) is 11.6. The second-order valence-electron chi connectivity index (χ2n) is 3.87. The van der Waals surface area contributed by atoms with Crippen LogP contribution in [0.15, 0.2) is 12.1 Å². The Morgan fingerprint density at radius 2 is 1.72 bits per heavy atom. The lowest BCUT2D eigenvalue weighted by atomic mass is 10.1. The standard InChI is InChI=1S/C8H7FO2.C6H15N/c1-5-2-3-6(4-10)8(11)7(5)9;1-4-7(5-2)6-3/h2-4,11H,1H3;4-6H2,1-3H3. The van der Waals surface area contributed by atoms with Gasteiger partial charge < -0.3 is 10.0 Å². The number of carbonyl (C=O) groups is 1. The molecule has 0 amide bonds. The maximum atomic E-state index is 12.8. The molecule has 0 fully saturated rings. The number of aryl methyl sites for hydroxylation is 1. The Morgan fingerprint density at radius 1 is 1.22 bits per heavy atom. The van der Waals surface area contributed by atoms with Crippen molar-refractivity contribution >= 4 is 6.29 Å². The first kappa shape index (κ1) is 16.6. The normalized spacial score (nSPS) is 9.89. The molecule has 0 aliphatic carbocycles. The zero-order valence-corrected chi connectivity index (χ0v) is 11.5. The number of aldehydes is 1. The lowest BCUT2D eigenvalue weighted by Crippen LogP contribution is -2.21. The molecule has 1 rings (SSSR count). The number of hydrogen-bond acceptors (Lipinski definition) is 3. The minimum absolute atomic E-state index is 0.0203. The minimum Gasteiger partial charge on any atom is -0.504 e. The number of nitrogens with zero attached hydrogens (tertiary/aromatic N) is 1. The molecule has 0 saturated heterocycles. The van der Waals surface area contributed by atoms with Crippen LogP contribution in [0.2, 0.25) is 0 Å². The molecule has 0 radical (unpaired) electrons. The van der Waals surface area contributed by atoms with Gasteiger partial charge >= 0.3 is 0 Å². The molecule has 1 aromatic carbocycles. The average molecular weight is 255 g/mol. The van der Waals surface area contributed by atoms with Gasteiger partial charge in [0.05, 0.1) is 5.56 Å². The van der Waals surface area contributed by atoms with E-state index in [0.29, 0.717) is 11.8 Å². The number of phenolic OH excluding ortho intramolecular Hbond substituents is 1. The zero-order valence-electron chi connectivity index (χ0n) is 11.5. The molecule has 1 aromatic rings. The number of hydrogen-bond donors (Lipinski definition) is 1. The van der Waals surface area contributed by atoms with Gasteiger partial charge in [-0.15, -0.1) is 0 Å². The molecule has 1 N–H and O–H groups in total. The van der Waals surface area contributed by atoms with Crippen molar-refractivity contribution in [2.75, 3.05) is 19.6 Å². The molecule has 0 bridgehead atoms. The predicted octanol–water partition coefficient (Wildman–Crippen LogP) is 3.00. The molecule has 4 heteroatoms. The summed E-state index contributed by atoms with van der Waals surface area (Å²) in [6, 6.07) is 2.82. The molecule has 0 saturated carbocycles. The van der Waals surface area contributed by atoms with Crippen molar-refractivity contribution in [3.63, 3.8) is 0 Å². The van der Waals surface area contributed by atoms with Crippen LogP contribution in [0.3, 0.4) is 0 Å². The Balaban J connectivity index is 0.000000360. The molecular formula is C14H22FNO2. The molecule has 0 aliphatic rings. The van der Waals surface area contributed by atoms with Crippen LogP contribution in [0.4, 0.5) is 4.39 Å². The summed E-state index contributed by atoms with van der Waals surface area (Å²) in [7, 11) is 0. The van der Waals surface area contributed by atoms with Crippen LogP contribution in [0.1, 0.15) is 36.7 Å². The number of phenols is 1. The van der Waals surface area contributed by atoms with E-state index in [1.807, 2.05) is 0 Å². The van der Waals surface area contributed by atoms with Gasteiger partial charge in [-0.2, -0.15) is 0 Å². The van der Waals surface area contributed by atoms with Crippen molar-refractivity contribution in [2.24, 2.45) is 0 Å². The summed E-state index contributed by atoms with van der Waals surface area (Å²) in [5, 5.41) is 8.97. The highest BCUT2D eigenvalue weighted by Gasteiger charge is 2.07. The molecule has 102 valence electrons. The maximum Gasteiger partial charge on any atom is 0.168 e. The fraction of sp³-hybridized carbons (Fsp3) is 0.500. The predicted molar refractivity (Wildman–Crippen MR) is 71.7 cm³/mol. The van der Waals surface area contributed by atoms with Crippen molar-refractivity contribution in [1.29, 1.82) is 0 Å². The largest absolute Gasteiger partial charge is 0.504 e. The second-order valence-corrected chi connectivity index (χ2v) is 3.87. The smallest absolute Gasteiger partial charge is 0.168 e. The lowest BCUT2D eigenvalue weighted by Gasteiger charge is -2.13. The Bertz CT molecular complexity index is 371. The first-order chi connectivity index (χ1) is 8.51. The van der Waals surface area contributed by atoms with Crippen molar-refractivity contribution in [3.8, 4) is 5.75 Å². The highest BCUT2D eigenvalue weighted by atomic mass is 19.1. The number of rotatable bonds is 4. The van der Waals surface area contributed by atoms with E-state index >= 15 is 0 Å². The molecule has 0 atom stereocenters. The molecule has 18 heavy (non-hydrogen) atoms. The first-order valence-corrected chi connectivity index (χ1v) is 6.17. The summed E-state index contributed by atoms with van der Waals surface area (Å²) in [5.41, 5.74) is 0.307. The Morgan fingerprint density at radius 3 is 2.06 bits per heavy atom. The van der Waals surface area contributed by atoms with Crippen LogP contribution < -0.4 is 0 Å². The molecule has 3 nitrogen and oxygen atoms in total. The molecule has 0 heterocycles. The quantitative estimate of drug-likeness (QED) is 0.841. The second kappa shape index (κ2) is 8.64. The van der Waals surface area contributed by atoms with Crippen LogP contribution in [-0.4, -0.2) is 35.9 Å². The topological polar surface area (TPSA) is 40.5 Å². The summed E-state index contributed by atoms with van der Waals surface area (Å²) in [6.07, 6.45) is 0.415. The van der Waals surface area contributed by atoms with E-state index in [-0.39, 0.29) is 5.56 Å². The average Bonchev–Trinajstić information content (AvgIpc) is 2.39. The van der Waals surface area contributed by atoms with Crippen LogP contribution in [0, 0.1) is 12.7 Å². The van der Waals surface area contributed by atoms with Crippen molar-refractivity contribution in [3.05, 3.63) is 29.1 Å². The van der Waals surface area contributed by atoms with Gasteiger partial charge in [0, 0.05) is 0 Å². The lowest BCUT2D eigenvalue weighted by molar-refractivity contribution is 0.112. The van der Waals surface area contributed by atoms with E-state index < -0.39 is 11.6 Å². The van der Waals surface area contributed by atoms with E-state index in [1.54, 1.807) is 0 Å². The van der Waals surface area contributed by atoms with Gasteiger partial charge in [-0.1, -0.05) is 26.8 Å². The van der Waals surface area contributed by atoms with Crippen molar-refractivity contribution in [1.82, 2.24) is 4.90 Å². The number of benzene rings is 1. The van der Waals surface area contributed by atoms with Gasteiger partial charge in [0.2, 0.25) is 0 Å². The third kappa shape index (κ3) is 4.84. The van der Waals surface area contributed by atoms with Crippen LogP contribution in [0.5, 0.6) is 5.75 Å². The van der Waals surface area contributed by atoms with Gasteiger partial charge in [0.1, 0.15) is 0 Å². The minimum atomic E-state index is -0.727. The molecular weight excluding hydrogens is 233 g/mol. The van der Waals surface area contributed by atoms with E-state index in [0.717, 1.165) is 0 Å². The highest BCUT2D eigenvalue weighted by molar-refractivity contribution is 5.79. The van der Waals surface area contributed by atoms with E-state index in [1.165, 1.54) is 38.7 Å². The summed E-state index contributed by atoms with van der Waals surface area (Å²) >= 11 is 0. The first-order valence-electron chi connectivity index (χ1n) is 6.17. The number of aromatic hydroxyl groups is 1. The molecule has 0 aromatic heterocycles. The maximum absolute atomic E-state index is 12.8. The Hall–Kier alpha value is -1.42. The third-order valence-corrected chi connectivity index (χ3v) is 2.81. The fourth-order valence-corrected chi connectivity index (χ4v) is 1.45. The van der Waals surface area contributed by atoms with Crippen molar-refractivity contribution < 1.29 is 14.3 Å². The zero-order chi connectivity index (χ0) is 14.1. The highest BCUT2D eigenvalue weighted by Crippen LogP contribution is 2.21. The molecule has 0 spiro atoms. The van der Waals surface area contributed by atoms with Gasteiger partial charge in [-0.05, 0) is 38.2 Å². The third-order valence-electron chi connectivity index (χ3n) is 2.81. The summed E-state index contributed by atoms with van der Waals surface area (Å²) in [5.74, 6) is -1.30. The summed E-state index contributed by atoms with van der Waals surface area (Å²) < 4.78 is 12.8. The van der Waals surface area contributed by atoms with Gasteiger partial charge in [-0.3, -0.25) is 4.79 Å². The van der Waals surface area contributed by atoms with Crippen LogP contribution >= 0.6 is 0 Å². The van der Waals surface area contributed by atoms with E-state index in [4.69, 9.17) is 5.11 Å². The summed E-state index contributed by atoms with van der Waals surface area (Å²) in [4.78, 5) is 12.5. The number of carbonyl (C=O) groups excluding carboxylic acids is 1. The van der Waals surface area contributed by atoms with Gasteiger partial charge in [0.25, 0.3) is 0 Å². The van der Waals surface area contributed by atoms with Crippen LogP contribution in [0.25, 0.3) is 0 Å². The van der Waals surface area contributed by atoms with Crippen molar-refractivity contribution in [2.45, 2.75) is 27.7 Å².